The third-order valence-electron chi connectivity index (χ3n) is 8.39. The van der Waals surface area contributed by atoms with Gasteiger partial charge in [0.25, 0.3) is 11.4 Å². The number of benzene rings is 3. The first-order chi connectivity index (χ1) is 26.3. The van der Waals surface area contributed by atoms with E-state index in [2.05, 4.69) is 71.4 Å². The summed E-state index contributed by atoms with van der Waals surface area (Å²) in [6.07, 6.45) is 7.41. The van der Waals surface area contributed by atoms with Crippen LogP contribution in [0.2, 0.25) is 0 Å². The molecule has 0 spiro atoms. The lowest BCUT2D eigenvalue weighted by Gasteiger charge is -2.16. The number of nitrogens with one attached hydrogen (secondary N) is 4. The smallest absolute Gasteiger partial charge is 0.269 e. The normalized spacial score (nSPS) is 14.1. The molecule has 4 heterocycles. The van der Waals surface area contributed by atoms with Crippen LogP contribution in [0.15, 0.2) is 83.0 Å². The Morgan fingerprint density at radius 1 is 0.519 bits per heavy atom. The van der Waals surface area contributed by atoms with Crippen LogP contribution in [0.3, 0.4) is 0 Å². The van der Waals surface area contributed by atoms with Gasteiger partial charge in [-0.15, -0.1) is 0 Å². The molecule has 0 aliphatic carbocycles. The molecule has 2 aromatic heterocycles. The minimum atomic E-state index is -0.455. The number of non-ortho nitro benzene ring substituents is 2. The summed E-state index contributed by atoms with van der Waals surface area (Å²) >= 11 is 0. The van der Waals surface area contributed by atoms with Gasteiger partial charge in [-0.2, -0.15) is 40.1 Å². The first-order valence-electron chi connectivity index (χ1n) is 17.1. The largest absolute Gasteiger partial charge is 0.341 e. The summed E-state index contributed by atoms with van der Waals surface area (Å²) in [7, 11) is 0. The molecule has 0 radical (unpaired) electrons. The van der Waals surface area contributed by atoms with Gasteiger partial charge >= 0.3 is 0 Å². The van der Waals surface area contributed by atoms with E-state index in [1.54, 1.807) is 36.7 Å². The van der Waals surface area contributed by atoms with E-state index in [0.29, 0.717) is 23.3 Å². The van der Waals surface area contributed by atoms with Gasteiger partial charge in [-0.3, -0.25) is 20.2 Å². The molecule has 274 valence electrons. The van der Waals surface area contributed by atoms with Crippen LogP contribution in [0.1, 0.15) is 36.8 Å². The number of nitro groups is 2. The van der Waals surface area contributed by atoms with Gasteiger partial charge in [0.2, 0.25) is 35.7 Å². The van der Waals surface area contributed by atoms with Crippen molar-refractivity contribution in [3.8, 4) is 0 Å². The van der Waals surface area contributed by atoms with E-state index in [1.807, 2.05) is 24.3 Å². The fourth-order valence-electron chi connectivity index (χ4n) is 5.65. The van der Waals surface area contributed by atoms with Crippen molar-refractivity contribution in [1.82, 2.24) is 29.9 Å². The monoisotopic (exact) mass is 730 g/mol. The fourth-order valence-corrected chi connectivity index (χ4v) is 5.65. The average Bonchev–Trinajstić information content (AvgIpc) is 3.92. The van der Waals surface area contributed by atoms with Gasteiger partial charge in [0.1, 0.15) is 0 Å². The molecule has 0 atom stereocenters. The molecule has 0 unspecified atom stereocenters. The van der Waals surface area contributed by atoms with Crippen molar-refractivity contribution in [3.05, 3.63) is 104 Å². The van der Waals surface area contributed by atoms with Crippen LogP contribution >= 0.6 is 0 Å². The van der Waals surface area contributed by atoms with Gasteiger partial charge in [0, 0.05) is 61.8 Å². The quantitative estimate of drug-likeness (QED) is 0.0630. The number of nitro benzene ring substituents is 2. The van der Waals surface area contributed by atoms with Crippen LogP contribution in [0.5, 0.6) is 0 Å². The zero-order valence-corrected chi connectivity index (χ0v) is 28.7. The highest BCUT2D eigenvalue weighted by molar-refractivity contribution is 5.84. The molecule has 5 aromatic rings. The van der Waals surface area contributed by atoms with E-state index in [0.717, 1.165) is 63.0 Å². The van der Waals surface area contributed by atoms with Gasteiger partial charge < -0.3 is 20.4 Å². The van der Waals surface area contributed by atoms with Gasteiger partial charge in [0.15, 0.2) is 0 Å². The van der Waals surface area contributed by atoms with E-state index in [9.17, 15) is 20.2 Å². The van der Waals surface area contributed by atoms with E-state index < -0.39 is 9.85 Å². The van der Waals surface area contributed by atoms with E-state index >= 15 is 0 Å². The van der Waals surface area contributed by atoms with Crippen molar-refractivity contribution in [2.24, 2.45) is 10.2 Å². The Morgan fingerprint density at radius 3 is 1.22 bits per heavy atom. The molecule has 0 bridgehead atoms. The van der Waals surface area contributed by atoms with Crippen LogP contribution < -0.4 is 31.3 Å². The summed E-state index contributed by atoms with van der Waals surface area (Å²) < 4.78 is 0. The maximum absolute atomic E-state index is 11.0. The summed E-state index contributed by atoms with van der Waals surface area (Å²) in [6, 6.07) is 19.5. The number of rotatable bonds is 14. The lowest BCUT2D eigenvalue weighted by atomic mass is 10.2. The second kappa shape index (κ2) is 16.3. The molecule has 20 nitrogen and oxygen atoms in total. The van der Waals surface area contributed by atoms with E-state index in [1.165, 1.54) is 24.3 Å². The summed E-state index contributed by atoms with van der Waals surface area (Å²) in [5.74, 6) is 2.03. The van der Waals surface area contributed by atoms with Crippen LogP contribution in [0, 0.1) is 20.2 Å². The number of anilines is 8. The zero-order valence-electron chi connectivity index (χ0n) is 28.7. The van der Waals surface area contributed by atoms with Crippen molar-refractivity contribution in [2.75, 3.05) is 57.5 Å². The van der Waals surface area contributed by atoms with Crippen LogP contribution in [-0.2, 0) is 0 Å². The van der Waals surface area contributed by atoms with Crippen molar-refractivity contribution in [1.29, 1.82) is 0 Å². The average molecular weight is 731 g/mol. The second-order valence-corrected chi connectivity index (χ2v) is 12.2. The van der Waals surface area contributed by atoms with Gasteiger partial charge in [-0.25, -0.2) is 10.9 Å². The molecule has 0 amide bonds. The number of hydrazone groups is 2. The summed E-state index contributed by atoms with van der Waals surface area (Å²) in [5, 5.41) is 36.9. The maximum atomic E-state index is 11.0. The molecule has 20 heteroatoms. The number of hydrogen-bond acceptors (Lipinski definition) is 18. The third-order valence-corrected chi connectivity index (χ3v) is 8.39. The first kappa shape index (κ1) is 35.0. The fraction of sp³-hybridized carbons (Fsp3) is 0.235. The molecule has 2 aliphatic rings. The Morgan fingerprint density at radius 2 is 0.870 bits per heavy atom. The molecular weight excluding hydrogens is 696 g/mol. The highest BCUT2D eigenvalue weighted by Crippen LogP contribution is 2.24. The minimum Gasteiger partial charge on any atom is -0.341 e. The molecule has 2 aliphatic heterocycles. The van der Waals surface area contributed by atoms with Crippen molar-refractivity contribution in [3.63, 3.8) is 0 Å². The number of hydrogen-bond donors (Lipinski definition) is 4. The third kappa shape index (κ3) is 9.09. The Kier molecular flexibility index (Phi) is 10.6. The molecular formula is C34H34N16O4. The molecule has 2 saturated heterocycles. The summed E-state index contributed by atoms with van der Waals surface area (Å²) in [4.78, 5) is 52.4. The van der Waals surface area contributed by atoms with Crippen molar-refractivity contribution < 1.29 is 9.85 Å². The van der Waals surface area contributed by atoms with Crippen LogP contribution in [0.4, 0.5) is 58.4 Å². The van der Waals surface area contributed by atoms with E-state index in [4.69, 9.17) is 0 Å². The molecule has 54 heavy (non-hydrogen) atoms. The van der Waals surface area contributed by atoms with Crippen molar-refractivity contribution >= 4 is 70.9 Å². The lowest BCUT2D eigenvalue weighted by Crippen LogP contribution is -2.21. The molecule has 7 rings (SSSR count). The van der Waals surface area contributed by atoms with Gasteiger partial charge in [-0.1, -0.05) is 24.3 Å². The van der Waals surface area contributed by atoms with Crippen LogP contribution in [-0.4, -0.2) is 78.4 Å². The predicted molar refractivity (Wildman–Crippen MR) is 204 cm³/mol. The molecule has 0 saturated carbocycles. The first-order valence-corrected chi connectivity index (χ1v) is 17.1. The molecule has 4 N–H and O–H groups in total. The lowest BCUT2D eigenvalue weighted by molar-refractivity contribution is -0.385. The van der Waals surface area contributed by atoms with Gasteiger partial charge in [0.05, 0.1) is 22.3 Å². The Hall–Kier alpha value is -7.38. The Bertz CT molecular complexity index is 2000. The number of nitrogens with zero attached hydrogens (tertiary/aromatic N) is 12. The predicted octanol–water partition coefficient (Wildman–Crippen LogP) is 5.45. The number of aromatic nitrogens is 6. The second-order valence-electron chi connectivity index (χ2n) is 12.2. The molecule has 3 aromatic carbocycles. The zero-order chi connectivity index (χ0) is 37.3. The minimum absolute atomic E-state index is 0.0140. The Balaban J connectivity index is 0.990. The Labute approximate surface area is 307 Å². The topological polar surface area (TPSA) is 243 Å². The highest BCUT2D eigenvalue weighted by Gasteiger charge is 2.19. The maximum Gasteiger partial charge on any atom is 0.269 e. The SMILES string of the molecule is O=[N+]([O-])c1ccc(Nc2nc(N/N=C/c3ccc(/C=N/Nc4nc(Nc5ccc([N+](=O)[O-])cc5)nc(N5CCCC5)n4)cc3)nc(N3CCCC3)n2)cc1. The van der Waals surface area contributed by atoms with Crippen molar-refractivity contribution in [2.45, 2.75) is 25.7 Å². The molecule has 2 fully saturated rings. The highest BCUT2D eigenvalue weighted by atomic mass is 16.6. The standard InChI is InChI=1S/C34H34N16O4/c51-49(52)27-13-9-25(10-14-27)37-29-39-31(43-33(41-29)47-17-1-2-18-47)45-35-21-23-5-7-24(8-6-23)22-36-46-32-40-30(42-34(44-32)48-19-3-4-20-48)38-26-11-15-28(16-12-26)50(53)54/h5-16,21-22H,1-4,17-20H2,(H2,37,39,41,43,45)(H2,38,40,42,44,46)/b35-21+,36-22+. The summed E-state index contributed by atoms with van der Waals surface area (Å²) in [5.41, 5.74) is 8.54. The summed E-state index contributed by atoms with van der Waals surface area (Å²) in [6.45, 7) is 3.30. The van der Waals surface area contributed by atoms with E-state index in [-0.39, 0.29) is 35.2 Å². The van der Waals surface area contributed by atoms with Gasteiger partial charge in [-0.05, 0) is 61.1 Å². The van der Waals surface area contributed by atoms with Crippen LogP contribution in [0.25, 0.3) is 0 Å².